The first-order valence-corrected chi connectivity index (χ1v) is 3.74. The van der Waals surface area contributed by atoms with Gasteiger partial charge in [-0.2, -0.15) is 0 Å². The van der Waals surface area contributed by atoms with E-state index in [1.807, 2.05) is 0 Å². The molecule has 0 saturated carbocycles. The van der Waals surface area contributed by atoms with Crippen LogP contribution in [0.4, 0.5) is 0 Å². The van der Waals surface area contributed by atoms with E-state index in [2.05, 4.69) is 10.6 Å². The molecule has 0 aromatic carbocycles. The van der Waals surface area contributed by atoms with Crippen molar-refractivity contribution in [2.75, 3.05) is 26.2 Å². The van der Waals surface area contributed by atoms with Gasteiger partial charge in [0.1, 0.15) is 6.29 Å². The Bertz CT molecular complexity index is 154. The maximum Gasteiger partial charge on any atom is 0.125 e. The van der Waals surface area contributed by atoms with Crippen molar-refractivity contribution in [1.82, 2.24) is 10.6 Å². The standard InChI is InChI=1S/C7H12N2O/c10-2-6-1-8-3-7(6)4-9-5-7/h2,6,8-9H,1,3-5H2. The molecule has 0 amide bonds. The van der Waals surface area contributed by atoms with E-state index in [0.717, 1.165) is 32.5 Å². The first-order valence-electron chi connectivity index (χ1n) is 3.74. The lowest BCUT2D eigenvalue weighted by Crippen LogP contribution is -2.58. The van der Waals surface area contributed by atoms with Crippen LogP contribution in [0.2, 0.25) is 0 Å². The van der Waals surface area contributed by atoms with E-state index in [4.69, 9.17) is 0 Å². The Hall–Kier alpha value is -0.410. The minimum atomic E-state index is 0.258. The molecular weight excluding hydrogens is 128 g/mol. The molecule has 0 bridgehead atoms. The second-order valence-corrected chi connectivity index (χ2v) is 3.34. The van der Waals surface area contributed by atoms with E-state index < -0.39 is 0 Å². The topological polar surface area (TPSA) is 41.1 Å². The zero-order valence-electron chi connectivity index (χ0n) is 5.89. The van der Waals surface area contributed by atoms with Crippen molar-refractivity contribution in [2.24, 2.45) is 11.3 Å². The van der Waals surface area contributed by atoms with Gasteiger partial charge in [0.15, 0.2) is 0 Å². The Morgan fingerprint density at radius 2 is 2.00 bits per heavy atom. The fourth-order valence-corrected chi connectivity index (χ4v) is 1.85. The van der Waals surface area contributed by atoms with Crippen LogP contribution in [0.3, 0.4) is 0 Å². The van der Waals surface area contributed by atoms with Crippen LogP contribution in [0.15, 0.2) is 0 Å². The van der Waals surface area contributed by atoms with Crippen molar-refractivity contribution in [2.45, 2.75) is 0 Å². The molecule has 10 heavy (non-hydrogen) atoms. The van der Waals surface area contributed by atoms with Crippen molar-refractivity contribution in [3.63, 3.8) is 0 Å². The molecule has 1 spiro atoms. The van der Waals surface area contributed by atoms with Crippen molar-refractivity contribution >= 4 is 6.29 Å². The maximum atomic E-state index is 10.5. The van der Waals surface area contributed by atoms with E-state index in [9.17, 15) is 4.79 Å². The van der Waals surface area contributed by atoms with Crippen LogP contribution in [0.5, 0.6) is 0 Å². The minimum Gasteiger partial charge on any atom is -0.315 e. The molecule has 1 unspecified atom stereocenters. The summed E-state index contributed by atoms with van der Waals surface area (Å²) in [6.45, 7) is 3.93. The molecule has 2 saturated heterocycles. The minimum absolute atomic E-state index is 0.258. The Kier molecular flexibility index (Phi) is 1.28. The third kappa shape index (κ3) is 0.646. The molecule has 3 nitrogen and oxygen atoms in total. The molecule has 0 aromatic rings. The Morgan fingerprint density at radius 1 is 1.30 bits per heavy atom. The average Bonchev–Trinajstić information content (AvgIpc) is 2.27. The summed E-state index contributed by atoms with van der Waals surface area (Å²) in [5.74, 6) is 0.258. The van der Waals surface area contributed by atoms with Crippen LogP contribution in [0.1, 0.15) is 0 Å². The van der Waals surface area contributed by atoms with Crippen LogP contribution < -0.4 is 10.6 Å². The normalized spacial score (nSPS) is 35.8. The second kappa shape index (κ2) is 2.04. The van der Waals surface area contributed by atoms with Gasteiger partial charge in [0, 0.05) is 37.5 Å². The van der Waals surface area contributed by atoms with Crippen molar-refractivity contribution in [3.8, 4) is 0 Å². The molecule has 0 aromatic heterocycles. The van der Waals surface area contributed by atoms with E-state index >= 15 is 0 Å². The molecule has 56 valence electrons. The third-order valence-electron chi connectivity index (χ3n) is 2.75. The zero-order chi connectivity index (χ0) is 7.03. The smallest absolute Gasteiger partial charge is 0.125 e. The Balaban J connectivity index is 2.11. The molecule has 2 aliphatic rings. The predicted molar refractivity (Wildman–Crippen MR) is 37.7 cm³/mol. The van der Waals surface area contributed by atoms with Crippen LogP contribution in [-0.4, -0.2) is 32.5 Å². The number of hydrogen-bond acceptors (Lipinski definition) is 3. The van der Waals surface area contributed by atoms with Gasteiger partial charge >= 0.3 is 0 Å². The van der Waals surface area contributed by atoms with E-state index in [0.29, 0.717) is 5.41 Å². The molecule has 3 heteroatoms. The third-order valence-corrected chi connectivity index (χ3v) is 2.75. The molecule has 2 fully saturated rings. The summed E-state index contributed by atoms with van der Waals surface area (Å²) < 4.78 is 0. The maximum absolute atomic E-state index is 10.5. The molecule has 2 heterocycles. The number of hydrogen-bond donors (Lipinski definition) is 2. The average molecular weight is 140 g/mol. The summed E-state index contributed by atoms with van der Waals surface area (Å²) in [5, 5.41) is 6.45. The largest absolute Gasteiger partial charge is 0.315 e. The van der Waals surface area contributed by atoms with Gasteiger partial charge in [-0.05, 0) is 0 Å². The van der Waals surface area contributed by atoms with Crippen LogP contribution >= 0.6 is 0 Å². The second-order valence-electron chi connectivity index (χ2n) is 3.34. The highest BCUT2D eigenvalue weighted by Crippen LogP contribution is 2.33. The highest BCUT2D eigenvalue weighted by Gasteiger charge is 2.47. The molecule has 2 aliphatic heterocycles. The van der Waals surface area contributed by atoms with E-state index in [-0.39, 0.29) is 5.92 Å². The van der Waals surface area contributed by atoms with Crippen molar-refractivity contribution in [3.05, 3.63) is 0 Å². The molecule has 2 rings (SSSR count). The highest BCUT2D eigenvalue weighted by atomic mass is 16.1. The van der Waals surface area contributed by atoms with Gasteiger partial charge in [0.05, 0.1) is 0 Å². The van der Waals surface area contributed by atoms with Crippen LogP contribution in [0.25, 0.3) is 0 Å². The van der Waals surface area contributed by atoms with Gasteiger partial charge in [-0.1, -0.05) is 0 Å². The summed E-state index contributed by atoms with van der Waals surface area (Å²) in [4.78, 5) is 10.5. The van der Waals surface area contributed by atoms with E-state index in [1.165, 1.54) is 0 Å². The van der Waals surface area contributed by atoms with Gasteiger partial charge in [-0.15, -0.1) is 0 Å². The molecular formula is C7H12N2O. The molecule has 1 atom stereocenters. The highest BCUT2D eigenvalue weighted by molar-refractivity contribution is 5.57. The first kappa shape index (κ1) is 6.31. The predicted octanol–water partition coefficient (Wildman–Crippen LogP) is -1.01. The van der Waals surface area contributed by atoms with E-state index in [1.54, 1.807) is 0 Å². The Labute approximate surface area is 60.2 Å². The summed E-state index contributed by atoms with van der Waals surface area (Å²) >= 11 is 0. The lowest BCUT2D eigenvalue weighted by Gasteiger charge is -2.41. The number of aldehydes is 1. The van der Waals surface area contributed by atoms with Gasteiger partial charge in [0.2, 0.25) is 0 Å². The number of carbonyl (C=O) groups excluding carboxylic acids is 1. The van der Waals surface area contributed by atoms with Crippen molar-refractivity contribution < 1.29 is 4.79 Å². The zero-order valence-corrected chi connectivity index (χ0v) is 5.89. The number of carbonyl (C=O) groups is 1. The molecule has 0 aliphatic carbocycles. The number of nitrogens with one attached hydrogen (secondary N) is 2. The molecule has 2 N–H and O–H groups in total. The monoisotopic (exact) mass is 140 g/mol. The fourth-order valence-electron chi connectivity index (χ4n) is 1.85. The van der Waals surface area contributed by atoms with Gasteiger partial charge in [0.25, 0.3) is 0 Å². The summed E-state index contributed by atoms with van der Waals surface area (Å²) in [7, 11) is 0. The van der Waals surface area contributed by atoms with Gasteiger partial charge < -0.3 is 15.4 Å². The SMILES string of the molecule is O=CC1CNCC12CNC2. The Morgan fingerprint density at radius 3 is 2.40 bits per heavy atom. The van der Waals surface area contributed by atoms with Gasteiger partial charge in [-0.3, -0.25) is 0 Å². The van der Waals surface area contributed by atoms with Gasteiger partial charge in [-0.25, -0.2) is 0 Å². The summed E-state index contributed by atoms with van der Waals surface area (Å²) in [6.07, 6.45) is 1.10. The summed E-state index contributed by atoms with van der Waals surface area (Å²) in [6, 6.07) is 0. The lowest BCUT2D eigenvalue weighted by atomic mass is 9.74. The molecule has 0 radical (unpaired) electrons. The quantitative estimate of drug-likeness (QED) is 0.459. The van der Waals surface area contributed by atoms with Crippen LogP contribution in [-0.2, 0) is 4.79 Å². The summed E-state index contributed by atoms with van der Waals surface area (Å²) in [5.41, 5.74) is 0.293. The van der Waals surface area contributed by atoms with Crippen molar-refractivity contribution in [1.29, 1.82) is 0 Å². The first-order chi connectivity index (χ1) is 4.87. The fraction of sp³-hybridized carbons (Fsp3) is 0.857. The lowest BCUT2D eigenvalue weighted by molar-refractivity contribution is -0.114. The number of rotatable bonds is 1. The van der Waals surface area contributed by atoms with Crippen LogP contribution in [0, 0.1) is 11.3 Å².